The standard InChI is InChI=1S/C10H15BrO4S.H3N/c1-9-4-3-6(7(11)8(9)12)10(9,2)5-16(13,14)15;/h6-7H,3-5H2,1-2H3,(H,13,14,15);1H3/t6?,7-,9-,10?;/m1./s1. The Morgan fingerprint density at radius 3 is 2.35 bits per heavy atom. The Balaban J connectivity index is 0.00000144. The van der Waals surface area contributed by atoms with Crippen molar-refractivity contribution in [2.75, 3.05) is 5.75 Å². The minimum atomic E-state index is -4.30. The highest BCUT2D eigenvalue weighted by molar-refractivity contribution is 9.10. The summed E-state index contributed by atoms with van der Waals surface area (Å²) in [7, 11) is -4.30. The zero-order chi connectivity index (χ0) is 12.4. The van der Waals surface area contributed by atoms with Crippen molar-refractivity contribution in [3.05, 3.63) is 0 Å². The van der Waals surface area contributed by atoms with E-state index in [-0.39, 0.29) is 22.7 Å². The Bertz CT molecular complexity index is 451. The maximum atomic E-state index is 12.0. The van der Waals surface area contributed by atoms with E-state index < -0.39 is 26.7 Å². The lowest BCUT2D eigenvalue weighted by atomic mass is 9.70. The van der Waals surface area contributed by atoms with E-state index in [9.17, 15) is 17.8 Å². The van der Waals surface area contributed by atoms with Crippen molar-refractivity contribution >= 4 is 31.8 Å². The smallest absolute Gasteiger partial charge is 0.153 e. The van der Waals surface area contributed by atoms with Crippen LogP contribution in [0.3, 0.4) is 0 Å². The molecule has 0 aliphatic heterocycles. The molecule has 0 spiro atoms. The molecule has 100 valence electrons. The Morgan fingerprint density at radius 1 is 1.47 bits per heavy atom. The van der Waals surface area contributed by atoms with E-state index in [4.69, 9.17) is 0 Å². The number of ketones is 1. The summed E-state index contributed by atoms with van der Waals surface area (Å²) in [6.45, 7) is 3.56. The normalized spacial score (nSPS) is 44.8. The summed E-state index contributed by atoms with van der Waals surface area (Å²) >= 11 is 3.33. The SMILES string of the molecule is CC1(CS(=O)(=O)[O-])C2CC[C@]1(C)C(=O)[C@@H]2Br.[NH4+]. The van der Waals surface area contributed by atoms with Gasteiger partial charge in [-0.15, -0.1) is 0 Å². The first kappa shape index (κ1) is 15.1. The molecule has 7 heteroatoms. The highest BCUT2D eigenvalue weighted by Gasteiger charge is 2.68. The first-order valence-corrected chi connectivity index (χ1v) is 7.73. The van der Waals surface area contributed by atoms with Crippen LogP contribution < -0.4 is 6.15 Å². The molecule has 2 rings (SSSR count). The van der Waals surface area contributed by atoms with Gasteiger partial charge in [-0.2, -0.15) is 0 Å². The second kappa shape index (κ2) is 4.01. The number of rotatable bonds is 2. The lowest BCUT2D eigenvalue weighted by Crippen LogP contribution is -2.40. The van der Waals surface area contributed by atoms with E-state index in [1.807, 2.05) is 0 Å². The molecule has 4 atom stereocenters. The Kier molecular flexibility index (Phi) is 3.56. The topological polar surface area (TPSA) is 111 Å². The summed E-state index contributed by atoms with van der Waals surface area (Å²) in [5, 5.41) is 0. The minimum absolute atomic E-state index is 0. The molecular formula is C10H18BrNO4S. The Morgan fingerprint density at radius 2 is 2.00 bits per heavy atom. The van der Waals surface area contributed by atoms with Crippen molar-refractivity contribution in [3.8, 4) is 0 Å². The predicted molar refractivity (Wildman–Crippen MR) is 67.2 cm³/mol. The third-order valence-corrected chi connectivity index (χ3v) is 6.67. The van der Waals surface area contributed by atoms with Gasteiger partial charge in [0.2, 0.25) is 0 Å². The van der Waals surface area contributed by atoms with E-state index in [0.29, 0.717) is 6.42 Å². The fourth-order valence-corrected chi connectivity index (χ4v) is 6.07. The molecular weight excluding hydrogens is 310 g/mol. The van der Waals surface area contributed by atoms with E-state index in [1.165, 1.54) is 0 Å². The van der Waals surface area contributed by atoms with Crippen LogP contribution >= 0.6 is 15.9 Å². The molecule has 2 aliphatic rings. The second-order valence-electron chi connectivity index (χ2n) is 5.36. The van der Waals surface area contributed by atoms with Crippen molar-refractivity contribution in [2.24, 2.45) is 16.7 Å². The Labute approximate surface area is 110 Å². The lowest BCUT2D eigenvalue weighted by molar-refractivity contribution is -0.127. The highest BCUT2D eigenvalue weighted by Crippen LogP contribution is 2.65. The average molecular weight is 328 g/mol. The van der Waals surface area contributed by atoms with Gasteiger partial charge in [-0.25, -0.2) is 8.42 Å². The quantitative estimate of drug-likeness (QED) is 0.614. The van der Waals surface area contributed by atoms with Crippen molar-refractivity contribution in [2.45, 2.75) is 31.5 Å². The van der Waals surface area contributed by atoms with E-state index in [1.54, 1.807) is 13.8 Å². The highest BCUT2D eigenvalue weighted by atomic mass is 79.9. The van der Waals surface area contributed by atoms with Crippen LogP contribution in [0.15, 0.2) is 0 Å². The van der Waals surface area contributed by atoms with Crippen molar-refractivity contribution in [3.63, 3.8) is 0 Å². The maximum Gasteiger partial charge on any atom is 0.153 e. The lowest BCUT2D eigenvalue weighted by Gasteiger charge is -2.37. The Hall–Kier alpha value is 0.0200. The van der Waals surface area contributed by atoms with Crippen LogP contribution in [-0.2, 0) is 14.9 Å². The van der Waals surface area contributed by atoms with Gasteiger partial charge >= 0.3 is 0 Å². The maximum absolute atomic E-state index is 12.0. The summed E-state index contributed by atoms with van der Waals surface area (Å²) in [5.74, 6) is -0.418. The summed E-state index contributed by atoms with van der Waals surface area (Å²) in [5.41, 5.74) is -1.37. The summed E-state index contributed by atoms with van der Waals surface area (Å²) in [6.07, 6.45) is 1.49. The zero-order valence-electron chi connectivity index (χ0n) is 10.2. The molecule has 17 heavy (non-hydrogen) atoms. The fraction of sp³-hybridized carbons (Fsp3) is 0.900. The summed E-state index contributed by atoms with van der Waals surface area (Å²) in [6, 6.07) is 0. The van der Waals surface area contributed by atoms with Crippen LogP contribution in [-0.4, -0.2) is 29.3 Å². The number of alkyl halides is 1. The molecule has 5 nitrogen and oxygen atoms in total. The fourth-order valence-electron chi connectivity index (χ4n) is 3.45. The number of Topliss-reactive ketones (excluding diaryl/α,β-unsaturated/α-hetero) is 1. The number of hydrogen-bond acceptors (Lipinski definition) is 4. The molecule has 0 amide bonds. The molecule has 2 bridgehead atoms. The largest absolute Gasteiger partial charge is 0.748 e. The van der Waals surface area contributed by atoms with Gasteiger partial charge < -0.3 is 10.7 Å². The molecule has 0 heterocycles. The predicted octanol–water partition coefficient (Wildman–Crippen LogP) is 1.68. The number of fused-ring (bicyclic) bond motifs is 2. The zero-order valence-corrected chi connectivity index (χ0v) is 12.6. The number of carbonyl (C=O) groups is 1. The van der Waals surface area contributed by atoms with Gasteiger partial charge in [-0.05, 0) is 24.2 Å². The van der Waals surface area contributed by atoms with Crippen molar-refractivity contribution in [1.29, 1.82) is 0 Å². The molecule has 2 fully saturated rings. The number of hydrogen-bond donors (Lipinski definition) is 1. The van der Waals surface area contributed by atoms with E-state index >= 15 is 0 Å². The molecule has 0 saturated heterocycles. The van der Waals surface area contributed by atoms with Crippen LogP contribution in [0, 0.1) is 16.7 Å². The van der Waals surface area contributed by atoms with Crippen molar-refractivity contribution < 1.29 is 17.8 Å². The second-order valence-corrected chi connectivity index (χ2v) is 7.75. The van der Waals surface area contributed by atoms with Gasteiger partial charge in [0.15, 0.2) is 5.78 Å². The first-order valence-electron chi connectivity index (χ1n) is 5.24. The monoisotopic (exact) mass is 327 g/mol. The van der Waals surface area contributed by atoms with E-state index in [0.717, 1.165) is 6.42 Å². The summed E-state index contributed by atoms with van der Waals surface area (Å²) < 4.78 is 33.0. The van der Waals surface area contributed by atoms with Crippen LogP contribution in [0.25, 0.3) is 0 Å². The van der Waals surface area contributed by atoms with Gasteiger partial charge in [0.1, 0.15) is 0 Å². The number of quaternary nitrogens is 1. The van der Waals surface area contributed by atoms with Crippen LogP contribution in [0.4, 0.5) is 0 Å². The summed E-state index contributed by atoms with van der Waals surface area (Å²) in [4.78, 5) is 11.8. The van der Waals surface area contributed by atoms with Gasteiger partial charge in [0, 0.05) is 11.2 Å². The van der Waals surface area contributed by atoms with Gasteiger partial charge in [-0.1, -0.05) is 29.8 Å². The molecule has 0 aromatic heterocycles. The van der Waals surface area contributed by atoms with Crippen LogP contribution in [0.5, 0.6) is 0 Å². The van der Waals surface area contributed by atoms with Crippen LogP contribution in [0.1, 0.15) is 26.7 Å². The molecule has 4 N–H and O–H groups in total. The van der Waals surface area contributed by atoms with Crippen LogP contribution in [0.2, 0.25) is 0 Å². The molecule has 0 radical (unpaired) electrons. The molecule has 2 aliphatic carbocycles. The minimum Gasteiger partial charge on any atom is -0.748 e. The molecule has 2 saturated carbocycles. The third-order valence-electron chi connectivity index (χ3n) is 4.66. The van der Waals surface area contributed by atoms with Gasteiger partial charge in [0.05, 0.1) is 14.9 Å². The average Bonchev–Trinajstić information content (AvgIpc) is 2.40. The number of halogens is 1. The van der Waals surface area contributed by atoms with Crippen molar-refractivity contribution in [1.82, 2.24) is 6.15 Å². The van der Waals surface area contributed by atoms with Gasteiger partial charge in [0.25, 0.3) is 0 Å². The van der Waals surface area contributed by atoms with E-state index in [2.05, 4.69) is 15.9 Å². The third kappa shape index (κ3) is 1.87. The first-order chi connectivity index (χ1) is 7.12. The van der Waals surface area contributed by atoms with Gasteiger partial charge in [-0.3, -0.25) is 4.79 Å². The molecule has 0 aromatic rings. The molecule has 2 unspecified atom stereocenters. The number of carbonyl (C=O) groups excluding carboxylic acids is 1. The molecule has 0 aromatic carbocycles.